The standard InChI is InChI=1S/C25H19N3O3/c1-2-16-28-21-14-8-6-13-20(21)24(25(28)30)27-26-23(29)17-31-22-15-9-7-12-19(22)18-10-4-3-5-11-18/h1,3-15,30H,16-17H2. The number of aromatic nitrogens is 1. The Hall–Kier alpha value is -4.37. The molecule has 0 aliphatic carbocycles. The second kappa shape index (κ2) is 8.97. The van der Waals surface area contributed by atoms with Gasteiger partial charge in [-0.05, 0) is 17.7 Å². The lowest BCUT2D eigenvalue weighted by molar-refractivity contribution is -0.120. The van der Waals surface area contributed by atoms with E-state index in [4.69, 9.17) is 11.2 Å². The predicted molar refractivity (Wildman–Crippen MR) is 119 cm³/mol. The Morgan fingerprint density at radius 1 is 1.00 bits per heavy atom. The number of carbonyl (C=O) groups is 1. The predicted octanol–water partition coefficient (Wildman–Crippen LogP) is 5.34. The summed E-state index contributed by atoms with van der Waals surface area (Å²) < 4.78 is 7.25. The summed E-state index contributed by atoms with van der Waals surface area (Å²) in [6.45, 7) is -0.105. The second-order valence-corrected chi connectivity index (χ2v) is 6.72. The van der Waals surface area contributed by atoms with Gasteiger partial charge in [-0.15, -0.1) is 16.7 Å². The minimum atomic E-state index is -0.573. The van der Waals surface area contributed by atoms with Crippen LogP contribution in [-0.2, 0) is 11.3 Å². The molecule has 152 valence electrons. The lowest BCUT2D eigenvalue weighted by atomic mass is 10.1. The molecule has 6 heteroatoms. The van der Waals surface area contributed by atoms with Crippen molar-refractivity contribution in [3.63, 3.8) is 0 Å². The molecule has 0 unspecified atom stereocenters. The number of ether oxygens (including phenoxy) is 1. The third-order valence-corrected chi connectivity index (χ3v) is 4.75. The number of fused-ring (bicyclic) bond motifs is 1. The van der Waals surface area contributed by atoms with Gasteiger partial charge >= 0.3 is 5.91 Å². The fourth-order valence-corrected chi connectivity index (χ4v) is 3.34. The zero-order valence-electron chi connectivity index (χ0n) is 16.6. The Kier molecular flexibility index (Phi) is 5.77. The highest BCUT2D eigenvalue weighted by atomic mass is 16.5. The molecule has 0 spiro atoms. The van der Waals surface area contributed by atoms with E-state index in [1.807, 2.05) is 66.7 Å². The maximum atomic E-state index is 12.3. The van der Waals surface area contributed by atoms with E-state index >= 15 is 0 Å². The number of hydrogen-bond donors (Lipinski definition) is 1. The summed E-state index contributed by atoms with van der Waals surface area (Å²) in [5.74, 6) is 2.36. The third-order valence-electron chi connectivity index (χ3n) is 4.75. The lowest BCUT2D eigenvalue weighted by Gasteiger charge is -2.10. The van der Waals surface area contributed by atoms with Gasteiger partial charge in [0.2, 0.25) is 5.88 Å². The number of azo groups is 1. The first kappa shape index (κ1) is 19.9. The summed E-state index contributed by atoms with van der Waals surface area (Å²) in [7, 11) is 0. The smallest absolute Gasteiger partial charge is 0.302 e. The molecule has 0 atom stereocenters. The van der Waals surface area contributed by atoms with E-state index in [-0.39, 0.29) is 24.7 Å². The molecule has 1 amide bonds. The highest BCUT2D eigenvalue weighted by Crippen LogP contribution is 2.38. The van der Waals surface area contributed by atoms with Crippen LogP contribution in [-0.4, -0.2) is 22.2 Å². The Morgan fingerprint density at radius 2 is 1.71 bits per heavy atom. The third kappa shape index (κ3) is 4.16. The van der Waals surface area contributed by atoms with Crippen LogP contribution < -0.4 is 4.74 Å². The highest BCUT2D eigenvalue weighted by Gasteiger charge is 2.16. The molecule has 4 aromatic rings. The van der Waals surface area contributed by atoms with Crippen molar-refractivity contribution >= 4 is 22.5 Å². The lowest BCUT2D eigenvalue weighted by Crippen LogP contribution is -2.08. The van der Waals surface area contributed by atoms with Gasteiger partial charge < -0.3 is 9.84 Å². The molecule has 3 aromatic carbocycles. The fourth-order valence-electron chi connectivity index (χ4n) is 3.34. The van der Waals surface area contributed by atoms with Gasteiger partial charge in [0.25, 0.3) is 0 Å². The number of benzene rings is 3. The van der Waals surface area contributed by atoms with E-state index in [2.05, 4.69) is 16.1 Å². The van der Waals surface area contributed by atoms with Gasteiger partial charge in [-0.1, -0.05) is 72.7 Å². The van der Waals surface area contributed by atoms with Crippen molar-refractivity contribution in [2.45, 2.75) is 6.54 Å². The molecule has 0 saturated carbocycles. The number of amides is 1. The minimum absolute atomic E-state index is 0.133. The molecule has 0 aliphatic rings. The first-order chi connectivity index (χ1) is 15.2. The second-order valence-electron chi connectivity index (χ2n) is 6.72. The van der Waals surface area contributed by atoms with Crippen molar-refractivity contribution in [1.29, 1.82) is 0 Å². The highest BCUT2D eigenvalue weighted by molar-refractivity contribution is 5.95. The summed E-state index contributed by atoms with van der Waals surface area (Å²) in [6, 6.07) is 24.5. The molecule has 1 heterocycles. The first-order valence-corrected chi connectivity index (χ1v) is 9.64. The zero-order chi connectivity index (χ0) is 21.6. The molecule has 0 aliphatic heterocycles. The van der Waals surface area contributed by atoms with Crippen molar-refractivity contribution in [3.05, 3.63) is 78.9 Å². The quantitative estimate of drug-likeness (QED) is 0.345. The molecule has 0 bridgehead atoms. The van der Waals surface area contributed by atoms with Crippen LogP contribution in [0.3, 0.4) is 0 Å². The van der Waals surface area contributed by atoms with Crippen LogP contribution in [0.15, 0.2) is 89.1 Å². The Balaban J connectivity index is 1.53. The largest absolute Gasteiger partial charge is 0.493 e. The molecule has 6 nitrogen and oxygen atoms in total. The van der Waals surface area contributed by atoms with E-state index in [0.29, 0.717) is 16.7 Å². The molecule has 0 saturated heterocycles. The number of hydrogen-bond acceptors (Lipinski definition) is 4. The molecule has 4 rings (SSSR count). The van der Waals surface area contributed by atoms with Crippen LogP contribution in [0, 0.1) is 12.3 Å². The molecule has 31 heavy (non-hydrogen) atoms. The van der Waals surface area contributed by atoms with Crippen molar-refractivity contribution in [3.8, 4) is 35.1 Å². The van der Waals surface area contributed by atoms with Gasteiger partial charge in [-0.2, -0.15) is 0 Å². The Morgan fingerprint density at radius 3 is 2.52 bits per heavy atom. The Bertz CT molecular complexity index is 1300. The molecular formula is C25H19N3O3. The van der Waals surface area contributed by atoms with Gasteiger partial charge in [0.1, 0.15) is 5.75 Å². The van der Waals surface area contributed by atoms with Crippen LogP contribution in [0.2, 0.25) is 0 Å². The van der Waals surface area contributed by atoms with Crippen molar-refractivity contribution in [2.24, 2.45) is 10.2 Å². The monoisotopic (exact) mass is 409 g/mol. The van der Waals surface area contributed by atoms with Crippen molar-refractivity contribution < 1.29 is 14.6 Å². The van der Waals surface area contributed by atoms with E-state index in [9.17, 15) is 9.90 Å². The summed E-state index contributed by atoms with van der Waals surface area (Å²) in [5.41, 5.74) is 2.78. The number of nitrogens with zero attached hydrogens (tertiary/aromatic N) is 3. The van der Waals surface area contributed by atoms with Crippen LogP contribution in [0.5, 0.6) is 11.6 Å². The van der Waals surface area contributed by atoms with Crippen LogP contribution in [0.25, 0.3) is 22.0 Å². The summed E-state index contributed by atoms with van der Waals surface area (Å²) in [6.07, 6.45) is 5.39. The molecular weight excluding hydrogens is 390 g/mol. The van der Waals surface area contributed by atoms with E-state index in [1.54, 1.807) is 16.7 Å². The Labute approximate surface area is 179 Å². The van der Waals surface area contributed by atoms with Crippen LogP contribution in [0.1, 0.15) is 0 Å². The van der Waals surface area contributed by atoms with Crippen molar-refractivity contribution in [1.82, 2.24) is 4.57 Å². The number of aromatic hydroxyl groups is 1. The maximum absolute atomic E-state index is 12.3. The minimum Gasteiger partial charge on any atom is -0.493 e. The molecule has 1 N–H and O–H groups in total. The molecule has 0 radical (unpaired) electrons. The summed E-state index contributed by atoms with van der Waals surface area (Å²) >= 11 is 0. The SMILES string of the molecule is C#CCn1c(O)c(N=NC(=O)COc2ccccc2-c2ccccc2)c2ccccc21. The molecule has 0 fully saturated rings. The summed E-state index contributed by atoms with van der Waals surface area (Å²) in [4.78, 5) is 12.3. The fraction of sp³-hybridized carbons (Fsp3) is 0.0800. The van der Waals surface area contributed by atoms with Gasteiger partial charge in [-0.3, -0.25) is 9.36 Å². The van der Waals surface area contributed by atoms with E-state index in [0.717, 1.165) is 11.1 Å². The topological polar surface area (TPSA) is 76.2 Å². The number of carbonyl (C=O) groups excluding carboxylic acids is 1. The number of terminal acetylenes is 1. The number of rotatable bonds is 6. The van der Waals surface area contributed by atoms with Gasteiger partial charge in [0.15, 0.2) is 12.3 Å². The van der Waals surface area contributed by atoms with Crippen molar-refractivity contribution in [2.75, 3.05) is 6.61 Å². The van der Waals surface area contributed by atoms with E-state index < -0.39 is 5.91 Å². The van der Waals surface area contributed by atoms with E-state index in [1.165, 1.54) is 0 Å². The summed E-state index contributed by atoms with van der Waals surface area (Å²) in [5, 5.41) is 18.9. The molecule has 1 aromatic heterocycles. The average Bonchev–Trinajstić information content (AvgIpc) is 3.08. The van der Waals surface area contributed by atoms with Crippen LogP contribution >= 0.6 is 0 Å². The maximum Gasteiger partial charge on any atom is 0.302 e. The van der Waals surface area contributed by atoms with Gasteiger partial charge in [0.05, 0.1) is 12.1 Å². The van der Waals surface area contributed by atoms with Gasteiger partial charge in [0, 0.05) is 10.9 Å². The average molecular weight is 409 g/mol. The normalized spacial score (nSPS) is 10.9. The van der Waals surface area contributed by atoms with Gasteiger partial charge in [-0.25, -0.2) is 0 Å². The zero-order valence-corrected chi connectivity index (χ0v) is 16.6. The first-order valence-electron chi connectivity index (χ1n) is 9.64. The van der Waals surface area contributed by atoms with Crippen LogP contribution in [0.4, 0.5) is 5.69 Å². The number of para-hydroxylation sites is 2.